The van der Waals surface area contributed by atoms with E-state index in [2.05, 4.69) is 36.7 Å². The molecule has 0 fully saturated rings. The fourth-order valence-electron chi connectivity index (χ4n) is 1.82. The molecule has 0 aliphatic rings. The number of hydrogen-bond donors (Lipinski definition) is 1. The van der Waals surface area contributed by atoms with E-state index in [1.807, 2.05) is 11.3 Å². The summed E-state index contributed by atoms with van der Waals surface area (Å²) in [5.41, 5.74) is 0. The van der Waals surface area contributed by atoms with Crippen LogP contribution in [0.25, 0.3) is 0 Å². The van der Waals surface area contributed by atoms with Crippen molar-refractivity contribution in [3.05, 3.63) is 22.4 Å². The molecule has 0 bridgehead atoms. The van der Waals surface area contributed by atoms with Gasteiger partial charge in [-0.15, -0.1) is 11.3 Å². The molecule has 0 aliphatic heterocycles. The molecule has 1 N–H and O–H groups in total. The predicted molar refractivity (Wildman–Crippen MR) is 69.6 cm³/mol. The lowest BCUT2D eigenvalue weighted by Crippen LogP contribution is -2.30. The van der Waals surface area contributed by atoms with Crippen LogP contribution in [0.4, 0.5) is 0 Å². The van der Waals surface area contributed by atoms with Crippen LogP contribution in [0.3, 0.4) is 0 Å². The summed E-state index contributed by atoms with van der Waals surface area (Å²) in [6, 6.07) is 5.11. The van der Waals surface area contributed by atoms with Gasteiger partial charge in [-0.1, -0.05) is 26.3 Å². The lowest BCUT2D eigenvalue weighted by molar-refractivity contribution is 0.450. The van der Waals surface area contributed by atoms with E-state index in [9.17, 15) is 0 Å². The Morgan fingerprint density at radius 2 is 2.13 bits per heavy atom. The number of aryl methyl sites for hydroxylation is 1. The van der Waals surface area contributed by atoms with Gasteiger partial charge in [-0.05, 0) is 43.7 Å². The van der Waals surface area contributed by atoms with Crippen LogP contribution in [0.2, 0.25) is 0 Å². The standard InChI is InChI=1S/C13H23NS/c1-3-6-12(14-10-4-2)8-9-13-7-5-11-15-13/h5,7,11-12,14H,3-4,6,8-10H2,1-2H3. The zero-order chi connectivity index (χ0) is 10.9. The minimum atomic E-state index is 0.719. The molecular weight excluding hydrogens is 202 g/mol. The molecule has 0 aromatic carbocycles. The third kappa shape index (κ3) is 5.33. The van der Waals surface area contributed by atoms with Gasteiger partial charge in [0.2, 0.25) is 0 Å². The molecule has 1 aromatic heterocycles. The van der Waals surface area contributed by atoms with Gasteiger partial charge in [-0.25, -0.2) is 0 Å². The van der Waals surface area contributed by atoms with E-state index >= 15 is 0 Å². The fraction of sp³-hybridized carbons (Fsp3) is 0.692. The maximum absolute atomic E-state index is 3.64. The average Bonchev–Trinajstić information content (AvgIpc) is 2.75. The van der Waals surface area contributed by atoms with Crippen molar-refractivity contribution in [2.45, 2.75) is 52.0 Å². The van der Waals surface area contributed by atoms with Crippen LogP contribution in [0.1, 0.15) is 44.4 Å². The Balaban J connectivity index is 2.24. The molecule has 1 nitrogen and oxygen atoms in total. The molecule has 1 aromatic rings. The van der Waals surface area contributed by atoms with Gasteiger partial charge in [0, 0.05) is 10.9 Å². The largest absolute Gasteiger partial charge is 0.314 e. The molecule has 1 rings (SSSR count). The van der Waals surface area contributed by atoms with Gasteiger partial charge < -0.3 is 5.32 Å². The van der Waals surface area contributed by atoms with Crippen LogP contribution in [0.15, 0.2) is 17.5 Å². The van der Waals surface area contributed by atoms with Crippen molar-refractivity contribution in [1.29, 1.82) is 0 Å². The second-order valence-corrected chi connectivity index (χ2v) is 5.09. The SMILES string of the molecule is CCCNC(CCC)CCc1cccs1. The normalized spacial score (nSPS) is 12.9. The van der Waals surface area contributed by atoms with Crippen LogP contribution < -0.4 is 5.32 Å². The number of hydrogen-bond acceptors (Lipinski definition) is 2. The Morgan fingerprint density at radius 3 is 2.73 bits per heavy atom. The van der Waals surface area contributed by atoms with Crippen molar-refractivity contribution in [3.63, 3.8) is 0 Å². The summed E-state index contributed by atoms with van der Waals surface area (Å²) in [6.07, 6.45) is 6.35. The minimum Gasteiger partial charge on any atom is -0.314 e. The highest BCUT2D eigenvalue weighted by atomic mass is 32.1. The molecule has 0 spiro atoms. The highest BCUT2D eigenvalue weighted by Crippen LogP contribution is 2.13. The van der Waals surface area contributed by atoms with Crippen LogP contribution in [-0.2, 0) is 6.42 Å². The Kier molecular flexibility index (Phi) is 6.69. The first-order chi connectivity index (χ1) is 7.36. The van der Waals surface area contributed by atoms with Gasteiger partial charge >= 0.3 is 0 Å². The van der Waals surface area contributed by atoms with E-state index in [1.54, 1.807) is 0 Å². The highest BCUT2D eigenvalue weighted by Gasteiger charge is 2.06. The molecule has 15 heavy (non-hydrogen) atoms. The minimum absolute atomic E-state index is 0.719. The van der Waals surface area contributed by atoms with Gasteiger partial charge in [-0.2, -0.15) is 0 Å². The number of nitrogens with one attached hydrogen (secondary N) is 1. The molecule has 86 valence electrons. The molecule has 1 heterocycles. The molecule has 0 saturated carbocycles. The van der Waals surface area contributed by atoms with E-state index in [1.165, 1.54) is 37.0 Å². The lowest BCUT2D eigenvalue weighted by atomic mass is 10.1. The summed E-state index contributed by atoms with van der Waals surface area (Å²) in [4.78, 5) is 1.52. The number of rotatable bonds is 8. The van der Waals surface area contributed by atoms with Crippen LogP contribution in [0, 0.1) is 0 Å². The van der Waals surface area contributed by atoms with Gasteiger partial charge in [0.05, 0.1) is 0 Å². The van der Waals surface area contributed by atoms with Crippen molar-refractivity contribution >= 4 is 11.3 Å². The topological polar surface area (TPSA) is 12.0 Å². The first-order valence-corrected chi connectivity index (χ1v) is 7.00. The smallest absolute Gasteiger partial charge is 0.00704 e. The molecule has 0 amide bonds. The van der Waals surface area contributed by atoms with Gasteiger partial charge in [-0.3, -0.25) is 0 Å². The van der Waals surface area contributed by atoms with Gasteiger partial charge in [0.15, 0.2) is 0 Å². The Labute approximate surface area is 97.9 Å². The van der Waals surface area contributed by atoms with E-state index in [4.69, 9.17) is 0 Å². The molecule has 0 saturated heterocycles. The summed E-state index contributed by atoms with van der Waals surface area (Å²) >= 11 is 1.88. The molecule has 2 heteroatoms. The Bertz CT molecular complexity index is 231. The summed E-state index contributed by atoms with van der Waals surface area (Å²) < 4.78 is 0. The quantitative estimate of drug-likeness (QED) is 0.708. The fourth-order valence-corrected chi connectivity index (χ4v) is 2.54. The summed E-state index contributed by atoms with van der Waals surface area (Å²) in [7, 11) is 0. The second kappa shape index (κ2) is 7.89. The molecular formula is C13H23NS. The first-order valence-electron chi connectivity index (χ1n) is 6.12. The summed E-state index contributed by atoms with van der Waals surface area (Å²) in [6.45, 7) is 5.66. The first kappa shape index (κ1) is 12.7. The van der Waals surface area contributed by atoms with Crippen LogP contribution >= 0.6 is 11.3 Å². The molecule has 1 atom stereocenters. The maximum atomic E-state index is 3.64. The zero-order valence-electron chi connectivity index (χ0n) is 9.96. The van der Waals surface area contributed by atoms with E-state index in [0.29, 0.717) is 0 Å². The van der Waals surface area contributed by atoms with Crippen LogP contribution in [0.5, 0.6) is 0 Å². The third-order valence-corrected chi connectivity index (χ3v) is 3.58. The van der Waals surface area contributed by atoms with Crippen molar-refractivity contribution in [3.8, 4) is 0 Å². The maximum Gasteiger partial charge on any atom is 0.00704 e. The monoisotopic (exact) mass is 225 g/mol. The predicted octanol–water partition coefficient (Wildman–Crippen LogP) is 3.85. The van der Waals surface area contributed by atoms with Crippen LogP contribution in [-0.4, -0.2) is 12.6 Å². The van der Waals surface area contributed by atoms with Crippen molar-refractivity contribution in [1.82, 2.24) is 5.32 Å². The molecule has 0 radical (unpaired) electrons. The third-order valence-electron chi connectivity index (χ3n) is 2.64. The summed E-state index contributed by atoms with van der Waals surface area (Å²) in [5.74, 6) is 0. The zero-order valence-corrected chi connectivity index (χ0v) is 10.8. The van der Waals surface area contributed by atoms with E-state index in [-0.39, 0.29) is 0 Å². The second-order valence-electron chi connectivity index (χ2n) is 4.06. The van der Waals surface area contributed by atoms with Crippen molar-refractivity contribution in [2.24, 2.45) is 0 Å². The number of thiophene rings is 1. The van der Waals surface area contributed by atoms with Gasteiger partial charge in [0.25, 0.3) is 0 Å². The average molecular weight is 225 g/mol. The van der Waals surface area contributed by atoms with Gasteiger partial charge in [0.1, 0.15) is 0 Å². The van der Waals surface area contributed by atoms with Crippen molar-refractivity contribution in [2.75, 3.05) is 6.54 Å². The van der Waals surface area contributed by atoms with E-state index < -0.39 is 0 Å². The van der Waals surface area contributed by atoms with E-state index in [0.717, 1.165) is 12.6 Å². The molecule has 0 aliphatic carbocycles. The Hall–Kier alpha value is -0.340. The summed E-state index contributed by atoms with van der Waals surface area (Å²) in [5, 5.41) is 5.81. The highest BCUT2D eigenvalue weighted by molar-refractivity contribution is 7.09. The molecule has 1 unspecified atom stereocenters. The lowest BCUT2D eigenvalue weighted by Gasteiger charge is -2.17. The Morgan fingerprint density at radius 1 is 1.27 bits per heavy atom. The van der Waals surface area contributed by atoms with Crippen molar-refractivity contribution < 1.29 is 0 Å².